The number of aliphatic hydroxyl groups excluding tert-OH is 1. The second kappa shape index (κ2) is 4.42. The van der Waals surface area contributed by atoms with Crippen molar-refractivity contribution in [2.45, 2.75) is 25.9 Å². The first-order valence-electron chi connectivity index (χ1n) is 3.84. The number of rotatable bonds is 4. The van der Waals surface area contributed by atoms with E-state index in [0.717, 1.165) is 0 Å². The zero-order valence-corrected chi connectivity index (χ0v) is 7.70. The Labute approximate surface area is 72.2 Å². The van der Waals surface area contributed by atoms with Crippen LogP contribution in [-0.4, -0.2) is 35.5 Å². The average molecular weight is 176 g/mol. The zero-order valence-electron chi connectivity index (χ0n) is 7.70. The molecule has 0 saturated carbocycles. The third-order valence-electron chi connectivity index (χ3n) is 1.69. The number of hydrogen-bond acceptors (Lipinski definition) is 4. The van der Waals surface area contributed by atoms with Crippen LogP contribution < -0.4 is 0 Å². The number of hydrogen-bond donors (Lipinski definition) is 2. The van der Waals surface area contributed by atoms with Gasteiger partial charge in [0.1, 0.15) is 0 Å². The van der Waals surface area contributed by atoms with E-state index in [1.807, 2.05) is 0 Å². The van der Waals surface area contributed by atoms with Gasteiger partial charge in [-0.2, -0.15) is 0 Å². The van der Waals surface area contributed by atoms with Crippen molar-refractivity contribution in [1.29, 1.82) is 0 Å². The molecule has 0 radical (unpaired) electrons. The van der Waals surface area contributed by atoms with Crippen molar-refractivity contribution in [2.24, 2.45) is 5.92 Å². The first-order chi connectivity index (χ1) is 5.43. The summed E-state index contributed by atoms with van der Waals surface area (Å²) in [5, 5.41) is 18.1. The Morgan fingerprint density at radius 3 is 2.50 bits per heavy atom. The van der Waals surface area contributed by atoms with Gasteiger partial charge in [0, 0.05) is 0 Å². The molecule has 0 amide bonds. The van der Waals surface area contributed by atoms with E-state index in [1.54, 1.807) is 6.92 Å². The molecule has 0 bridgehead atoms. The van der Waals surface area contributed by atoms with Crippen LogP contribution in [-0.2, 0) is 9.53 Å². The third-order valence-corrected chi connectivity index (χ3v) is 1.69. The van der Waals surface area contributed by atoms with Gasteiger partial charge >= 0.3 is 5.97 Å². The van der Waals surface area contributed by atoms with Crippen molar-refractivity contribution >= 4 is 5.97 Å². The van der Waals surface area contributed by atoms with Crippen LogP contribution in [0.25, 0.3) is 0 Å². The Bertz CT molecular complexity index is 153. The highest BCUT2D eigenvalue weighted by atomic mass is 16.5. The molecule has 0 spiro atoms. The topological polar surface area (TPSA) is 66.8 Å². The van der Waals surface area contributed by atoms with E-state index in [4.69, 9.17) is 5.11 Å². The minimum atomic E-state index is -1.20. The van der Waals surface area contributed by atoms with Crippen LogP contribution in [0.4, 0.5) is 0 Å². The summed E-state index contributed by atoms with van der Waals surface area (Å²) in [6.45, 7) is 2.77. The summed E-state index contributed by atoms with van der Waals surface area (Å²) in [6.07, 6.45) is 0.205. The van der Waals surface area contributed by atoms with E-state index in [2.05, 4.69) is 4.74 Å². The van der Waals surface area contributed by atoms with Gasteiger partial charge in [-0.05, 0) is 13.3 Å². The number of carbonyl (C=O) groups is 1. The second-order valence-corrected chi connectivity index (χ2v) is 3.28. The van der Waals surface area contributed by atoms with Crippen molar-refractivity contribution < 1.29 is 19.7 Å². The lowest BCUT2D eigenvalue weighted by molar-refractivity contribution is -0.147. The molecule has 4 nitrogen and oxygen atoms in total. The Kier molecular flexibility index (Phi) is 4.20. The molecule has 0 aromatic rings. The molecule has 0 aromatic heterocycles. The van der Waals surface area contributed by atoms with Gasteiger partial charge in [0.15, 0.2) is 0 Å². The van der Waals surface area contributed by atoms with Crippen molar-refractivity contribution in [3.05, 3.63) is 0 Å². The van der Waals surface area contributed by atoms with Crippen LogP contribution in [0.2, 0.25) is 0 Å². The maximum atomic E-state index is 10.9. The van der Waals surface area contributed by atoms with E-state index in [-0.39, 0.29) is 19.0 Å². The van der Waals surface area contributed by atoms with E-state index in [1.165, 1.54) is 14.0 Å². The van der Waals surface area contributed by atoms with Gasteiger partial charge < -0.3 is 14.9 Å². The number of methoxy groups -OCH3 is 1. The lowest BCUT2D eigenvalue weighted by Gasteiger charge is -2.22. The highest BCUT2D eigenvalue weighted by Gasteiger charge is 2.26. The fourth-order valence-electron chi connectivity index (χ4n) is 1.01. The number of carbonyl (C=O) groups excluding carboxylic acids is 1. The number of esters is 1. The molecular weight excluding hydrogens is 160 g/mol. The molecule has 2 atom stereocenters. The maximum absolute atomic E-state index is 10.9. The Hall–Kier alpha value is -0.610. The van der Waals surface area contributed by atoms with Crippen molar-refractivity contribution in [1.82, 2.24) is 0 Å². The number of ether oxygens (including phenoxy) is 1. The predicted octanol–water partition coefficient (Wildman–Crippen LogP) is -0.0711. The molecule has 0 aliphatic rings. The fraction of sp³-hybridized carbons (Fsp3) is 0.875. The second-order valence-electron chi connectivity index (χ2n) is 3.28. The highest BCUT2D eigenvalue weighted by Crippen LogP contribution is 2.16. The molecule has 0 heterocycles. The first-order valence-corrected chi connectivity index (χ1v) is 3.84. The Morgan fingerprint density at radius 1 is 1.67 bits per heavy atom. The molecule has 0 rings (SSSR count). The van der Waals surface area contributed by atoms with Gasteiger partial charge in [0.25, 0.3) is 0 Å². The third kappa shape index (κ3) is 3.69. The molecular formula is C8H16O4. The first kappa shape index (κ1) is 11.4. The molecule has 0 fully saturated rings. The smallest absolute Gasteiger partial charge is 0.308 e. The quantitative estimate of drug-likeness (QED) is 0.588. The van der Waals surface area contributed by atoms with E-state index in [9.17, 15) is 9.90 Å². The molecule has 0 aliphatic carbocycles. The van der Waals surface area contributed by atoms with E-state index in [0.29, 0.717) is 0 Å². The molecule has 1 unspecified atom stereocenters. The fourth-order valence-corrected chi connectivity index (χ4v) is 1.01. The van der Waals surface area contributed by atoms with Crippen molar-refractivity contribution in [2.75, 3.05) is 13.7 Å². The summed E-state index contributed by atoms with van der Waals surface area (Å²) in [5.74, 6) is -0.763. The van der Waals surface area contributed by atoms with Crippen LogP contribution in [0.3, 0.4) is 0 Å². The number of aliphatic hydroxyl groups is 2. The van der Waals surface area contributed by atoms with Crippen LogP contribution in [0.15, 0.2) is 0 Å². The summed E-state index contributed by atoms with van der Waals surface area (Å²) >= 11 is 0. The van der Waals surface area contributed by atoms with Crippen LogP contribution >= 0.6 is 0 Å². The predicted molar refractivity (Wildman–Crippen MR) is 43.5 cm³/mol. The lowest BCUT2D eigenvalue weighted by Crippen LogP contribution is -2.33. The summed E-state index contributed by atoms with van der Waals surface area (Å²) in [5.41, 5.74) is -1.20. The monoisotopic (exact) mass is 176 g/mol. The molecule has 12 heavy (non-hydrogen) atoms. The van der Waals surface area contributed by atoms with Gasteiger partial charge in [-0.25, -0.2) is 0 Å². The largest absolute Gasteiger partial charge is 0.469 e. The molecule has 4 heteroatoms. The maximum Gasteiger partial charge on any atom is 0.308 e. The van der Waals surface area contributed by atoms with Gasteiger partial charge in [0.2, 0.25) is 0 Å². The lowest BCUT2D eigenvalue weighted by atomic mass is 9.94. The van der Waals surface area contributed by atoms with Crippen LogP contribution in [0.1, 0.15) is 20.3 Å². The SMILES string of the molecule is COC(=O)[C@H](C)CC(C)(O)CO. The molecule has 0 aliphatic heterocycles. The summed E-state index contributed by atoms with van der Waals surface area (Å²) in [6, 6.07) is 0. The molecule has 0 aromatic carbocycles. The summed E-state index contributed by atoms with van der Waals surface area (Å²) in [4.78, 5) is 10.9. The van der Waals surface area contributed by atoms with Gasteiger partial charge in [-0.3, -0.25) is 4.79 Å². The minimum absolute atomic E-state index is 0.205. The van der Waals surface area contributed by atoms with Gasteiger partial charge in [0.05, 0.1) is 25.2 Å². The van der Waals surface area contributed by atoms with Crippen molar-refractivity contribution in [3.63, 3.8) is 0 Å². The van der Waals surface area contributed by atoms with Crippen LogP contribution in [0.5, 0.6) is 0 Å². The summed E-state index contributed by atoms with van der Waals surface area (Å²) < 4.78 is 4.47. The normalized spacial score (nSPS) is 18.1. The van der Waals surface area contributed by atoms with Gasteiger partial charge in [-0.15, -0.1) is 0 Å². The standard InChI is InChI=1S/C8H16O4/c1-6(7(10)12-3)4-8(2,11)5-9/h6,9,11H,4-5H2,1-3H3/t6-,8?/m1/s1. The Balaban J connectivity index is 3.99. The average Bonchev–Trinajstić information content (AvgIpc) is 2.02. The van der Waals surface area contributed by atoms with E-state index < -0.39 is 11.5 Å². The highest BCUT2D eigenvalue weighted by molar-refractivity contribution is 5.71. The van der Waals surface area contributed by atoms with E-state index >= 15 is 0 Å². The zero-order chi connectivity index (χ0) is 9.78. The molecule has 2 N–H and O–H groups in total. The molecule has 72 valence electrons. The minimum Gasteiger partial charge on any atom is -0.469 e. The van der Waals surface area contributed by atoms with Crippen LogP contribution in [0, 0.1) is 5.92 Å². The molecule has 0 saturated heterocycles. The van der Waals surface area contributed by atoms with Crippen molar-refractivity contribution in [3.8, 4) is 0 Å². The van der Waals surface area contributed by atoms with Gasteiger partial charge in [-0.1, -0.05) is 6.92 Å². The Morgan fingerprint density at radius 2 is 2.17 bits per heavy atom. The summed E-state index contributed by atoms with van der Waals surface area (Å²) in [7, 11) is 1.30.